The molecule has 0 saturated carbocycles. The predicted octanol–water partition coefficient (Wildman–Crippen LogP) is 3.03. The molecular formula is C21H29N3O3. The summed E-state index contributed by atoms with van der Waals surface area (Å²) in [5, 5.41) is 13.3. The number of carbonyl (C=O) groups is 1. The Balaban J connectivity index is 1.72. The molecule has 1 aliphatic heterocycles. The Morgan fingerprint density at radius 2 is 1.96 bits per heavy atom. The minimum atomic E-state index is -0.909. The molecular weight excluding hydrogens is 342 g/mol. The summed E-state index contributed by atoms with van der Waals surface area (Å²) in [6, 6.07) is 0. The molecule has 1 aromatic heterocycles. The Labute approximate surface area is 160 Å². The van der Waals surface area contributed by atoms with Gasteiger partial charge in [-0.25, -0.2) is 4.98 Å². The second kappa shape index (κ2) is 6.91. The monoisotopic (exact) mass is 371 g/mol. The van der Waals surface area contributed by atoms with Crippen molar-refractivity contribution in [2.24, 2.45) is 0 Å². The van der Waals surface area contributed by atoms with Gasteiger partial charge in [0.1, 0.15) is 11.5 Å². The number of aryl methyl sites for hydroxylation is 1. The van der Waals surface area contributed by atoms with Crippen molar-refractivity contribution in [3.8, 4) is 11.5 Å². The normalized spacial score (nSPS) is 18.7. The minimum absolute atomic E-state index is 0.106. The van der Waals surface area contributed by atoms with E-state index in [2.05, 4.69) is 10.3 Å². The second-order valence-corrected chi connectivity index (χ2v) is 7.73. The third-order valence-electron chi connectivity index (χ3n) is 5.98. The summed E-state index contributed by atoms with van der Waals surface area (Å²) in [5.74, 6) is 0.965. The average Bonchev–Trinajstić information content (AvgIpc) is 2.96. The van der Waals surface area contributed by atoms with E-state index in [0.29, 0.717) is 31.7 Å². The molecule has 0 saturated heterocycles. The maximum Gasteiger partial charge on any atom is 0.263 e. The van der Waals surface area contributed by atoms with Crippen LogP contribution in [-0.4, -0.2) is 32.7 Å². The van der Waals surface area contributed by atoms with Gasteiger partial charge in [-0.15, -0.1) is 0 Å². The third-order valence-corrected chi connectivity index (χ3v) is 5.98. The molecule has 146 valence electrons. The van der Waals surface area contributed by atoms with Gasteiger partial charge in [0.2, 0.25) is 0 Å². The number of nitrogens with one attached hydrogen (secondary N) is 1. The Morgan fingerprint density at radius 3 is 2.59 bits per heavy atom. The lowest BCUT2D eigenvalue weighted by Gasteiger charge is -2.36. The van der Waals surface area contributed by atoms with Crippen LogP contribution in [0.2, 0.25) is 0 Å². The highest BCUT2D eigenvalue weighted by atomic mass is 16.5. The van der Waals surface area contributed by atoms with Crippen molar-refractivity contribution in [2.75, 3.05) is 6.54 Å². The topological polar surface area (TPSA) is 76.4 Å². The van der Waals surface area contributed by atoms with Crippen LogP contribution >= 0.6 is 0 Å². The lowest BCUT2D eigenvalue weighted by atomic mass is 9.86. The van der Waals surface area contributed by atoms with Crippen LogP contribution in [0.4, 0.5) is 0 Å². The molecule has 2 N–H and O–H groups in total. The Hall–Kier alpha value is -2.50. The van der Waals surface area contributed by atoms with E-state index in [0.717, 1.165) is 39.4 Å². The molecule has 0 aliphatic carbocycles. The van der Waals surface area contributed by atoms with Crippen molar-refractivity contribution in [2.45, 2.75) is 66.5 Å². The van der Waals surface area contributed by atoms with Crippen molar-refractivity contribution in [3.05, 3.63) is 40.0 Å². The molecule has 0 fully saturated rings. The van der Waals surface area contributed by atoms with Crippen LogP contribution in [-0.2, 0) is 17.8 Å². The van der Waals surface area contributed by atoms with Crippen LogP contribution in [0.15, 0.2) is 6.33 Å². The number of imidazole rings is 1. The first kappa shape index (κ1) is 19.3. The number of aromatic hydroxyl groups is 1. The fourth-order valence-corrected chi connectivity index (χ4v) is 3.65. The standard InChI is InChI=1S/C21H29N3O3/c1-12-13(2)19-17(14(3)18(12)25)7-8-21(6,27-19)20(26)22-9-10-24-11-23-15(4)16(24)5/h11,25H,7-10H2,1-6H3,(H,22,26). The molecule has 2 aromatic rings. The lowest BCUT2D eigenvalue weighted by Crippen LogP contribution is -2.51. The number of phenolic OH excluding ortho intramolecular Hbond substituents is 1. The van der Waals surface area contributed by atoms with Gasteiger partial charge in [0, 0.05) is 30.8 Å². The largest absolute Gasteiger partial charge is 0.507 e. The summed E-state index contributed by atoms with van der Waals surface area (Å²) in [6.07, 6.45) is 3.09. The lowest BCUT2D eigenvalue weighted by molar-refractivity contribution is -0.136. The van der Waals surface area contributed by atoms with Crippen molar-refractivity contribution < 1.29 is 14.6 Å². The Bertz CT molecular complexity index is 901. The highest BCUT2D eigenvalue weighted by Gasteiger charge is 2.40. The Morgan fingerprint density at radius 1 is 1.26 bits per heavy atom. The summed E-state index contributed by atoms with van der Waals surface area (Å²) in [5.41, 5.74) is 4.77. The fourth-order valence-electron chi connectivity index (χ4n) is 3.65. The van der Waals surface area contributed by atoms with E-state index in [-0.39, 0.29) is 5.91 Å². The first-order valence-electron chi connectivity index (χ1n) is 9.43. The molecule has 1 aliphatic rings. The molecule has 6 nitrogen and oxygen atoms in total. The molecule has 6 heteroatoms. The highest BCUT2D eigenvalue weighted by Crippen LogP contribution is 2.43. The van der Waals surface area contributed by atoms with E-state index >= 15 is 0 Å². The van der Waals surface area contributed by atoms with Crippen molar-refractivity contribution in [3.63, 3.8) is 0 Å². The second-order valence-electron chi connectivity index (χ2n) is 7.73. The van der Waals surface area contributed by atoms with E-state index < -0.39 is 5.60 Å². The summed E-state index contributed by atoms with van der Waals surface area (Å²) in [7, 11) is 0. The molecule has 0 bridgehead atoms. The summed E-state index contributed by atoms with van der Waals surface area (Å²) in [4.78, 5) is 17.1. The van der Waals surface area contributed by atoms with Gasteiger partial charge in [-0.1, -0.05) is 0 Å². The predicted molar refractivity (Wildman–Crippen MR) is 104 cm³/mol. The van der Waals surface area contributed by atoms with Crippen LogP contribution in [0.3, 0.4) is 0 Å². The fraction of sp³-hybridized carbons (Fsp3) is 0.524. The molecule has 1 amide bonds. The number of fused-ring (bicyclic) bond motifs is 1. The SMILES string of the molecule is Cc1ncn(CCNC(=O)C2(C)CCc3c(C)c(O)c(C)c(C)c3O2)c1C. The molecule has 1 atom stereocenters. The number of amides is 1. The van der Waals surface area contributed by atoms with Gasteiger partial charge in [-0.05, 0) is 64.7 Å². The molecule has 2 heterocycles. The van der Waals surface area contributed by atoms with Crippen molar-refractivity contribution in [1.82, 2.24) is 14.9 Å². The van der Waals surface area contributed by atoms with Crippen LogP contribution in [0.25, 0.3) is 0 Å². The summed E-state index contributed by atoms with van der Waals surface area (Å²) in [6.45, 7) is 12.8. The van der Waals surface area contributed by atoms with Crippen LogP contribution in [0, 0.1) is 34.6 Å². The summed E-state index contributed by atoms with van der Waals surface area (Å²) < 4.78 is 8.25. The number of hydrogen-bond donors (Lipinski definition) is 2. The third kappa shape index (κ3) is 3.29. The number of nitrogens with zero attached hydrogens (tertiary/aromatic N) is 2. The maximum atomic E-state index is 12.8. The molecule has 0 radical (unpaired) electrons. The molecule has 1 unspecified atom stereocenters. The van der Waals surface area contributed by atoms with E-state index in [1.807, 2.05) is 46.1 Å². The maximum absolute atomic E-state index is 12.8. The van der Waals surface area contributed by atoms with Gasteiger partial charge >= 0.3 is 0 Å². The van der Waals surface area contributed by atoms with Gasteiger partial charge in [0.25, 0.3) is 5.91 Å². The van der Waals surface area contributed by atoms with Crippen molar-refractivity contribution in [1.29, 1.82) is 0 Å². The summed E-state index contributed by atoms with van der Waals surface area (Å²) >= 11 is 0. The van der Waals surface area contributed by atoms with E-state index in [9.17, 15) is 9.90 Å². The van der Waals surface area contributed by atoms with Crippen LogP contribution in [0.1, 0.15) is 47.0 Å². The van der Waals surface area contributed by atoms with Gasteiger partial charge in [-0.2, -0.15) is 0 Å². The number of phenols is 1. The zero-order chi connectivity index (χ0) is 19.9. The van der Waals surface area contributed by atoms with Crippen molar-refractivity contribution >= 4 is 5.91 Å². The van der Waals surface area contributed by atoms with Crippen LogP contribution in [0.5, 0.6) is 11.5 Å². The van der Waals surface area contributed by atoms with E-state index in [1.165, 1.54) is 0 Å². The molecule has 0 spiro atoms. The minimum Gasteiger partial charge on any atom is -0.507 e. The molecule has 3 rings (SSSR count). The van der Waals surface area contributed by atoms with Gasteiger partial charge in [0.05, 0.1) is 12.0 Å². The highest BCUT2D eigenvalue weighted by molar-refractivity contribution is 5.85. The number of aromatic nitrogens is 2. The van der Waals surface area contributed by atoms with Gasteiger partial charge in [-0.3, -0.25) is 4.79 Å². The smallest absolute Gasteiger partial charge is 0.263 e. The Kier molecular flexibility index (Phi) is 4.93. The first-order valence-corrected chi connectivity index (χ1v) is 9.43. The van der Waals surface area contributed by atoms with Gasteiger partial charge in [0.15, 0.2) is 5.60 Å². The number of benzene rings is 1. The number of ether oxygens (including phenoxy) is 1. The van der Waals surface area contributed by atoms with E-state index in [4.69, 9.17) is 4.74 Å². The number of rotatable bonds is 4. The zero-order valence-corrected chi connectivity index (χ0v) is 17.1. The first-order chi connectivity index (χ1) is 12.7. The number of hydrogen-bond acceptors (Lipinski definition) is 4. The zero-order valence-electron chi connectivity index (χ0n) is 17.1. The van der Waals surface area contributed by atoms with Crippen LogP contribution < -0.4 is 10.1 Å². The van der Waals surface area contributed by atoms with E-state index in [1.54, 1.807) is 6.33 Å². The number of carbonyl (C=O) groups excluding carboxylic acids is 1. The average molecular weight is 371 g/mol. The quantitative estimate of drug-likeness (QED) is 0.866. The van der Waals surface area contributed by atoms with Gasteiger partial charge < -0.3 is 19.7 Å². The molecule has 27 heavy (non-hydrogen) atoms. The molecule has 1 aromatic carbocycles.